The predicted molar refractivity (Wildman–Crippen MR) is 64.8 cm³/mol. The van der Waals surface area contributed by atoms with E-state index in [9.17, 15) is 0 Å². The van der Waals surface area contributed by atoms with Crippen LogP contribution in [0.3, 0.4) is 0 Å². The molecule has 0 saturated heterocycles. The van der Waals surface area contributed by atoms with Gasteiger partial charge in [-0.05, 0) is 30.0 Å². The van der Waals surface area contributed by atoms with Crippen LogP contribution < -0.4 is 4.74 Å². The number of methoxy groups -OCH3 is 1. The van der Waals surface area contributed by atoms with E-state index in [-0.39, 0.29) is 0 Å². The molecule has 1 unspecified atom stereocenters. The van der Waals surface area contributed by atoms with Crippen molar-refractivity contribution < 1.29 is 4.74 Å². The molecule has 0 aliphatic rings. The Labute approximate surface area is 95.5 Å². The van der Waals surface area contributed by atoms with E-state index in [1.807, 2.05) is 24.4 Å². The second-order valence-electron chi connectivity index (χ2n) is 3.93. The first-order valence-electron chi connectivity index (χ1n) is 5.56. The molecule has 2 aromatic rings. The Morgan fingerprint density at radius 3 is 2.81 bits per heavy atom. The molecule has 0 aromatic carbocycles. The molecule has 1 atom stereocenters. The lowest BCUT2D eigenvalue weighted by Gasteiger charge is -2.11. The zero-order valence-corrected chi connectivity index (χ0v) is 9.90. The highest BCUT2D eigenvalue weighted by Crippen LogP contribution is 2.26. The summed E-state index contributed by atoms with van der Waals surface area (Å²) in [5, 5.41) is 0. The number of pyridine rings is 2. The van der Waals surface area contributed by atoms with E-state index < -0.39 is 0 Å². The molecule has 0 radical (unpaired) electrons. The maximum atomic E-state index is 5.15. The normalized spacial score (nSPS) is 12.7. The summed E-state index contributed by atoms with van der Waals surface area (Å²) in [5.74, 6) is 1.13. The van der Waals surface area contributed by atoms with E-state index in [2.05, 4.69) is 23.8 Å². The number of hydrogen-bond donors (Lipinski definition) is 0. The third-order valence-electron chi connectivity index (χ3n) is 2.94. The van der Waals surface area contributed by atoms with Gasteiger partial charge in [0.25, 0.3) is 0 Å². The van der Waals surface area contributed by atoms with Crippen molar-refractivity contribution in [1.82, 2.24) is 9.97 Å². The van der Waals surface area contributed by atoms with E-state index in [0.717, 1.165) is 17.5 Å². The standard InChI is InChI=1S/C13H16N2O/c1-4-9(2)10-7-8-14-11-5-6-12(16-3)15-13(10)11/h5-9H,4H2,1-3H3. The van der Waals surface area contributed by atoms with Crippen molar-refractivity contribution in [2.75, 3.05) is 7.11 Å². The summed E-state index contributed by atoms with van der Waals surface area (Å²) < 4.78 is 5.15. The van der Waals surface area contributed by atoms with Crippen molar-refractivity contribution in [3.05, 3.63) is 30.0 Å². The molecule has 0 fully saturated rings. The van der Waals surface area contributed by atoms with Gasteiger partial charge in [-0.2, -0.15) is 0 Å². The van der Waals surface area contributed by atoms with E-state index >= 15 is 0 Å². The van der Waals surface area contributed by atoms with Gasteiger partial charge in [0, 0.05) is 12.3 Å². The number of rotatable bonds is 3. The van der Waals surface area contributed by atoms with Crippen molar-refractivity contribution in [3.8, 4) is 5.88 Å². The van der Waals surface area contributed by atoms with Gasteiger partial charge in [-0.25, -0.2) is 4.98 Å². The highest BCUT2D eigenvalue weighted by Gasteiger charge is 2.10. The summed E-state index contributed by atoms with van der Waals surface area (Å²) in [5.41, 5.74) is 3.13. The molecule has 0 spiro atoms. The topological polar surface area (TPSA) is 35.0 Å². The quantitative estimate of drug-likeness (QED) is 0.790. The molecule has 2 rings (SSSR count). The second-order valence-corrected chi connectivity index (χ2v) is 3.93. The minimum absolute atomic E-state index is 0.491. The van der Waals surface area contributed by atoms with Crippen LogP contribution in [0.25, 0.3) is 11.0 Å². The molecular weight excluding hydrogens is 200 g/mol. The SMILES string of the molecule is CCC(C)c1ccnc2ccc(OC)nc12. The fraction of sp³-hybridized carbons (Fsp3) is 0.385. The lowest BCUT2D eigenvalue weighted by molar-refractivity contribution is 0.399. The first kappa shape index (κ1) is 10.9. The monoisotopic (exact) mass is 216 g/mol. The highest BCUT2D eigenvalue weighted by molar-refractivity contribution is 5.78. The van der Waals surface area contributed by atoms with Crippen LogP contribution in [0.4, 0.5) is 0 Å². The molecule has 3 nitrogen and oxygen atoms in total. The van der Waals surface area contributed by atoms with Gasteiger partial charge < -0.3 is 4.74 Å². The number of fused-ring (bicyclic) bond motifs is 1. The molecule has 0 aliphatic carbocycles. The van der Waals surface area contributed by atoms with Crippen LogP contribution in [0.2, 0.25) is 0 Å². The smallest absolute Gasteiger partial charge is 0.213 e. The molecule has 84 valence electrons. The van der Waals surface area contributed by atoms with E-state index in [4.69, 9.17) is 4.74 Å². The van der Waals surface area contributed by atoms with Gasteiger partial charge in [-0.15, -0.1) is 0 Å². The molecular formula is C13H16N2O. The highest BCUT2D eigenvalue weighted by atomic mass is 16.5. The minimum atomic E-state index is 0.491. The zero-order chi connectivity index (χ0) is 11.5. The number of ether oxygens (including phenoxy) is 1. The molecule has 0 bridgehead atoms. The Bertz CT molecular complexity index is 496. The van der Waals surface area contributed by atoms with Crippen molar-refractivity contribution in [2.45, 2.75) is 26.2 Å². The number of hydrogen-bond acceptors (Lipinski definition) is 3. The van der Waals surface area contributed by atoms with E-state index in [1.54, 1.807) is 7.11 Å². The Hall–Kier alpha value is -1.64. The van der Waals surface area contributed by atoms with Gasteiger partial charge in [0.15, 0.2) is 0 Å². The summed E-state index contributed by atoms with van der Waals surface area (Å²) in [6, 6.07) is 5.84. The molecule has 0 aliphatic heterocycles. The Kier molecular flexibility index (Phi) is 3.04. The molecule has 3 heteroatoms. The van der Waals surface area contributed by atoms with Crippen molar-refractivity contribution in [3.63, 3.8) is 0 Å². The maximum absolute atomic E-state index is 5.15. The Morgan fingerprint density at radius 1 is 1.31 bits per heavy atom. The molecule has 2 heterocycles. The minimum Gasteiger partial charge on any atom is -0.481 e. The molecule has 0 N–H and O–H groups in total. The van der Waals surface area contributed by atoms with Crippen LogP contribution in [0.1, 0.15) is 31.7 Å². The van der Waals surface area contributed by atoms with Crippen LogP contribution in [0.15, 0.2) is 24.4 Å². The zero-order valence-electron chi connectivity index (χ0n) is 9.90. The molecule has 2 aromatic heterocycles. The Balaban J connectivity index is 2.64. The summed E-state index contributed by atoms with van der Waals surface area (Å²) in [6.45, 7) is 4.38. The third kappa shape index (κ3) is 1.85. The molecule has 0 saturated carbocycles. The lowest BCUT2D eigenvalue weighted by atomic mass is 9.98. The Morgan fingerprint density at radius 2 is 2.12 bits per heavy atom. The summed E-state index contributed by atoms with van der Waals surface area (Å²) in [7, 11) is 1.63. The lowest BCUT2D eigenvalue weighted by Crippen LogP contribution is -1.97. The van der Waals surface area contributed by atoms with Gasteiger partial charge in [-0.3, -0.25) is 4.98 Å². The van der Waals surface area contributed by atoms with Crippen LogP contribution in [-0.4, -0.2) is 17.1 Å². The van der Waals surface area contributed by atoms with Crippen LogP contribution in [0, 0.1) is 0 Å². The third-order valence-corrected chi connectivity index (χ3v) is 2.94. The van der Waals surface area contributed by atoms with Gasteiger partial charge in [-0.1, -0.05) is 13.8 Å². The van der Waals surface area contributed by atoms with E-state index in [1.165, 1.54) is 5.56 Å². The average Bonchev–Trinajstić information content (AvgIpc) is 2.36. The fourth-order valence-electron chi connectivity index (χ4n) is 1.76. The van der Waals surface area contributed by atoms with Crippen molar-refractivity contribution >= 4 is 11.0 Å². The first-order valence-corrected chi connectivity index (χ1v) is 5.56. The van der Waals surface area contributed by atoms with Gasteiger partial charge in [0.05, 0.1) is 18.1 Å². The van der Waals surface area contributed by atoms with Gasteiger partial charge in [0.1, 0.15) is 0 Å². The van der Waals surface area contributed by atoms with Gasteiger partial charge >= 0.3 is 0 Å². The summed E-state index contributed by atoms with van der Waals surface area (Å²) >= 11 is 0. The largest absolute Gasteiger partial charge is 0.481 e. The van der Waals surface area contributed by atoms with Crippen molar-refractivity contribution in [2.24, 2.45) is 0 Å². The van der Waals surface area contributed by atoms with Crippen LogP contribution in [-0.2, 0) is 0 Å². The predicted octanol–water partition coefficient (Wildman–Crippen LogP) is 3.15. The second kappa shape index (κ2) is 4.47. The fourth-order valence-corrected chi connectivity index (χ4v) is 1.76. The first-order chi connectivity index (χ1) is 7.76. The summed E-state index contributed by atoms with van der Waals surface area (Å²) in [6.07, 6.45) is 2.94. The van der Waals surface area contributed by atoms with Crippen molar-refractivity contribution in [1.29, 1.82) is 0 Å². The van der Waals surface area contributed by atoms with E-state index in [0.29, 0.717) is 11.8 Å². The van der Waals surface area contributed by atoms with Gasteiger partial charge in [0.2, 0.25) is 5.88 Å². The summed E-state index contributed by atoms with van der Waals surface area (Å²) in [4.78, 5) is 8.79. The molecule has 0 amide bonds. The van der Waals surface area contributed by atoms with Crippen LogP contribution >= 0.6 is 0 Å². The molecule has 16 heavy (non-hydrogen) atoms. The number of nitrogens with zero attached hydrogens (tertiary/aromatic N) is 2. The average molecular weight is 216 g/mol. The number of aromatic nitrogens is 2. The maximum Gasteiger partial charge on any atom is 0.213 e. The van der Waals surface area contributed by atoms with Crippen LogP contribution in [0.5, 0.6) is 5.88 Å².